The minimum Gasteiger partial charge on any atom is -0.351 e. The van der Waals surface area contributed by atoms with Crippen molar-refractivity contribution >= 4 is 28.0 Å². The van der Waals surface area contributed by atoms with Gasteiger partial charge >= 0.3 is 0 Å². The van der Waals surface area contributed by atoms with Crippen molar-refractivity contribution in [1.82, 2.24) is 24.5 Å². The molecule has 0 bridgehead atoms. The zero-order valence-electron chi connectivity index (χ0n) is 15.3. The maximum Gasteiger partial charge on any atom is 0.227 e. The number of nitrogens with zero attached hydrogens (tertiary/aromatic N) is 4. The Morgan fingerprint density at radius 2 is 1.96 bits per heavy atom. The summed E-state index contributed by atoms with van der Waals surface area (Å²) in [5.41, 5.74) is 9.79. The number of fused-ring (bicyclic) bond motifs is 2. The summed E-state index contributed by atoms with van der Waals surface area (Å²) in [6.07, 6.45) is 5.85. The molecule has 1 fully saturated rings. The fraction of sp³-hybridized carbons (Fsp3) is 0.350. The average Bonchev–Trinajstić information content (AvgIpc) is 3.26. The molecular weight excluding hydrogens is 338 g/mol. The maximum atomic E-state index is 6.03. The molecule has 0 radical (unpaired) electrons. The molecule has 27 heavy (non-hydrogen) atoms. The third kappa shape index (κ3) is 2.84. The highest BCUT2D eigenvalue weighted by atomic mass is 15.2. The first-order valence-corrected chi connectivity index (χ1v) is 9.50. The molecule has 7 nitrogen and oxygen atoms in total. The quantitative estimate of drug-likeness (QED) is 0.520. The van der Waals surface area contributed by atoms with Crippen molar-refractivity contribution in [2.75, 3.05) is 5.32 Å². The fourth-order valence-corrected chi connectivity index (χ4v) is 4.06. The van der Waals surface area contributed by atoms with Crippen molar-refractivity contribution in [1.29, 1.82) is 0 Å². The van der Waals surface area contributed by atoms with Crippen molar-refractivity contribution < 1.29 is 0 Å². The Balaban J connectivity index is 1.61. The van der Waals surface area contributed by atoms with Crippen LogP contribution in [0, 0.1) is 6.92 Å². The van der Waals surface area contributed by atoms with Gasteiger partial charge in [-0.15, -0.1) is 0 Å². The van der Waals surface area contributed by atoms with Gasteiger partial charge in [-0.3, -0.25) is 4.57 Å². The summed E-state index contributed by atoms with van der Waals surface area (Å²) >= 11 is 0. The molecule has 4 aromatic rings. The van der Waals surface area contributed by atoms with Crippen LogP contribution in [0.25, 0.3) is 27.9 Å². The Morgan fingerprint density at radius 3 is 2.81 bits per heavy atom. The molecule has 1 saturated carbocycles. The van der Waals surface area contributed by atoms with E-state index in [1.54, 1.807) is 6.33 Å². The van der Waals surface area contributed by atoms with E-state index in [0.717, 1.165) is 53.9 Å². The normalized spacial score (nSPS) is 20.4. The summed E-state index contributed by atoms with van der Waals surface area (Å²) in [6.45, 7) is 2.09. The van der Waals surface area contributed by atoms with Crippen LogP contribution in [0.4, 0.5) is 5.95 Å². The Morgan fingerprint density at radius 1 is 1.15 bits per heavy atom. The van der Waals surface area contributed by atoms with Crippen LogP contribution < -0.4 is 11.1 Å². The summed E-state index contributed by atoms with van der Waals surface area (Å²) < 4.78 is 2.15. The number of para-hydroxylation sites is 1. The smallest absolute Gasteiger partial charge is 0.227 e. The first kappa shape index (κ1) is 16.3. The second-order valence-corrected chi connectivity index (χ2v) is 7.41. The molecular formula is C20H23N7. The maximum absolute atomic E-state index is 6.03. The summed E-state index contributed by atoms with van der Waals surface area (Å²) in [5.74, 6) is 1.44. The highest BCUT2D eigenvalue weighted by molar-refractivity contribution is 5.87. The molecule has 5 rings (SSSR count). The zero-order valence-corrected chi connectivity index (χ0v) is 15.3. The molecule has 0 unspecified atom stereocenters. The number of nitrogens with one attached hydrogen (secondary N) is 2. The zero-order chi connectivity index (χ0) is 18.4. The van der Waals surface area contributed by atoms with E-state index in [2.05, 4.69) is 56.0 Å². The Bertz CT molecular complexity index is 1100. The average molecular weight is 361 g/mol. The van der Waals surface area contributed by atoms with Gasteiger partial charge in [-0.1, -0.05) is 18.2 Å². The van der Waals surface area contributed by atoms with Gasteiger partial charge in [0.25, 0.3) is 0 Å². The number of imidazole rings is 1. The van der Waals surface area contributed by atoms with Gasteiger partial charge in [0.2, 0.25) is 5.95 Å². The lowest BCUT2D eigenvalue weighted by Crippen LogP contribution is -2.33. The van der Waals surface area contributed by atoms with Crippen LogP contribution in [0.15, 0.2) is 36.7 Å². The number of H-pyrrole nitrogens is 1. The van der Waals surface area contributed by atoms with Crippen LogP contribution in [0.3, 0.4) is 0 Å². The molecule has 0 saturated heterocycles. The Hall–Kier alpha value is -2.93. The van der Waals surface area contributed by atoms with E-state index in [1.165, 1.54) is 5.39 Å². The second-order valence-electron chi connectivity index (χ2n) is 7.41. The summed E-state index contributed by atoms with van der Waals surface area (Å²) in [6, 6.07) is 11.2. The third-order valence-corrected chi connectivity index (χ3v) is 5.47. The van der Waals surface area contributed by atoms with Crippen molar-refractivity contribution in [3.63, 3.8) is 0 Å². The van der Waals surface area contributed by atoms with Gasteiger partial charge in [-0.05, 0) is 44.7 Å². The van der Waals surface area contributed by atoms with Crippen LogP contribution in [0.2, 0.25) is 0 Å². The lowest BCUT2D eigenvalue weighted by atomic mass is 9.92. The van der Waals surface area contributed by atoms with E-state index in [9.17, 15) is 0 Å². The molecule has 1 aliphatic rings. The van der Waals surface area contributed by atoms with Crippen LogP contribution in [0.1, 0.15) is 31.4 Å². The monoisotopic (exact) mass is 361 g/mol. The highest BCUT2D eigenvalue weighted by Gasteiger charge is 2.21. The van der Waals surface area contributed by atoms with Crippen molar-refractivity contribution in [2.24, 2.45) is 5.73 Å². The Labute approximate surface area is 157 Å². The second kappa shape index (κ2) is 6.35. The number of anilines is 1. The summed E-state index contributed by atoms with van der Waals surface area (Å²) in [7, 11) is 0. The van der Waals surface area contributed by atoms with Crippen molar-refractivity contribution in [2.45, 2.75) is 44.7 Å². The number of nitrogens with two attached hydrogens (primary N) is 1. The molecule has 0 spiro atoms. The van der Waals surface area contributed by atoms with Gasteiger partial charge in [-0.2, -0.15) is 9.97 Å². The molecule has 0 aliphatic heterocycles. The summed E-state index contributed by atoms with van der Waals surface area (Å²) in [4.78, 5) is 17.1. The van der Waals surface area contributed by atoms with Crippen molar-refractivity contribution in [3.8, 4) is 5.82 Å². The molecule has 0 atom stereocenters. The number of aromatic amines is 1. The molecule has 4 N–H and O–H groups in total. The van der Waals surface area contributed by atoms with Gasteiger partial charge in [-0.25, -0.2) is 4.98 Å². The predicted octanol–water partition coefficient (Wildman–Crippen LogP) is 3.29. The van der Waals surface area contributed by atoms with Gasteiger partial charge in [0.1, 0.15) is 0 Å². The molecule has 7 heteroatoms. The first-order chi connectivity index (χ1) is 13.2. The van der Waals surface area contributed by atoms with Gasteiger partial charge in [0, 0.05) is 23.2 Å². The number of hydrogen-bond acceptors (Lipinski definition) is 5. The van der Waals surface area contributed by atoms with Gasteiger partial charge in [0.15, 0.2) is 17.0 Å². The minimum atomic E-state index is 0.323. The van der Waals surface area contributed by atoms with Crippen molar-refractivity contribution in [3.05, 3.63) is 42.4 Å². The number of rotatable bonds is 3. The Kier molecular flexibility index (Phi) is 3.82. The molecule has 138 valence electrons. The van der Waals surface area contributed by atoms with E-state index < -0.39 is 0 Å². The standard InChI is InChI=1S/C20H23N7/c1-12-10-13-4-2-3-5-16(13)27(12)19-17-18(23-11-22-17)25-20(26-19)24-15-8-6-14(21)7-9-15/h2-5,10-11,14-15H,6-9,21H2,1H3,(H2,22,23,24,25,26)/t14-,15-. The molecule has 1 aromatic carbocycles. The molecule has 3 heterocycles. The van der Waals surface area contributed by atoms with Crippen LogP contribution in [0.5, 0.6) is 0 Å². The molecule has 3 aromatic heterocycles. The summed E-state index contributed by atoms with van der Waals surface area (Å²) in [5, 5.41) is 4.70. The largest absolute Gasteiger partial charge is 0.351 e. The molecule has 1 aliphatic carbocycles. The number of hydrogen-bond donors (Lipinski definition) is 3. The van der Waals surface area contributed by atoms with E-state index in [-0.39, 0.29) is 0 Å². The predicted molar refractivity (Wildman–Crippen MR) is 107 cm³/mol. The first-order valence-electron chi connectivity index (χ1n) is 9.50. The number of aromatic nitrogens is 5. The van der Waals surface area contributed by atoms with E-state index in [1.807, 2.05) is 6.07 Å². The van der Waals surface area contributed by atoms with Crippen LogP contribution in [-0.2, 0) is 0 Å². The topological polar surface area (TPSA) is 97.4 Å². The van der Waals surface area contributed by atoms with E-state index in [0.29, 0.717) is 18.0 Å². The van der Waals surface area contributed by atoms with E-state index >= 15 is 0 Å². The van der Waals surface area contributed by atoms with Gasteiger partial charge in [0.05, 0.1) is 11.8 Å². The van der Waals surface area contributed by atoms with Crippen LogP contribution in [-0.4, -0.2) is 36.6 Å². The number of benzene rings is 1. The molecule has 0 amide bonds. The highest BCUT2D eigenvalue weighted by Crippen LogP contribution is 2.28. The third-order valence-electron chi connectivity index (χ3n) is 5.47. The minimum absolute atomic E-state index is 0.323. The van der Waals surface area contributed by atoms with Crippen LogP contribution >= 0.6 is 0 Å². The lowest BCUT2D eigenvalue weighted by Gasteiger charge is -2.26. The lowest BCUT2D eigenvalue weighted by molar-refractivity contribution is 0.410. The SMILES string of the molecule is Cc1cc2ccccc2n1-c1nc(N[C@H]2CC[C@H](N)CC2)nc2[nH]cnc12. The number of aryl methyl sites for hydroxylation is 1. The fourth-order valence-electron chi connectivity index (χ4n) is 4.06. The van der Waals surface area contributed by atoms with E-state index in [4.69, 9.17) is 10.7 Å². The van der Waals surface area contributed by atoms with Gasteiger partial charge < -0.3 is 16.0 Å².